The maximum atomic E-state index is 4.19. The summed E-state index contributed by atoms with van der Waals surface area (Å²) in [5.41, 5.74) is 0. The van der Waals surface area contributed by atoms with Gasteiger partial charge in [0.2, 0.25) is 0 Å². The molecule has 0 saturated heterocycles. The van der Waals surface area contributed by atoms with Crippen LogP contribution in [0.2, 0.25) is 0 Å². The van der Waals surface area contributed by atoms with E-state index in [1.165, 1.54) is 0 Å². The van der Waals surface area contributed by atoms with Gasteiger partial charge in [-0.1, -0.05) is 6.07 Å². The van der Waals surface area contributed by atoms with Crippen molar-refractivity contribution in [1.29, 1.82) is 0 Å². The molecule has 2 N–H and O–H groups in total. The third kappa shape index (κ3) is 1.37. The zero-order chi connectivity index (χ0) is 7.40. The molecule has 0 aliphatic carbocycles. The highest BCUT2D eigenvalue weighted by Gasteiger charge is 1.89. The standard InChI is InChI=1S/C7H11N3/c1-8-6-4-3-5-7(9-2)10-6/h3-5H,1-2H3,(H2,8,9,10). The van der Waals surface area contributed by atoms with E-state index >= 15 is 0 Å². The average molecular weight is 137 g/mol. The second kappa shape index (κ2) is 3.06. The summed E-state index contributed by atoms with van der Waals surface area (Å²) in [7, 11) is 3.70. The topological polar surface area (TPSA) is 37.0 Å². The maximum absolute atomic E-state index is 4.19. The van der Waals surface area contributed by atoms with Crippen LogP contribution >= 0.6 is 0 Å². The van der Waals surface area contributed by atoms with Gasteiger partial charge >= 0.3 is 0 Å². The molecule has 0 saturated carbocycles. The van der Waals surface area contributed by atoms with Gasteiger partial charge in [-0.3, -0.25) is 0 Å². The molecule has 0 bridgehead atoms. The fraction of sp³-hybridized carbons (Fsp3) is 0.286. The normalized spacial score (nSPS) is 9.00. The summed E-state index contributed by atoms with van der Waals surface area (Å²) < 4.78 is 0. The fourth-order valence-corrected chi connectivity index (χ4v) is 0.713. The molecule has 1 heterocycles. The van der Waals surface area contributed by atoms with Gasteiger partial charge in [0.1, 0.15) is 11.6 Å². The van der Waals surface area contributed by atoms with Crippen molar-refractivity contribution in [2.75, 3.05) is 24.7 Å². The molecule has 10 heavy (non-hydrogen) atoms. The molecule has 1 aromatic heterocycles. The Hall–Kier alpha value is -1.25. The second-order valence-electron chi connectivity index (χ2n) is 1.91. The van der Waals surface area contributed by atoms with E-state index in [2.05, 4.69) is 15.6 Å². The van der Waals surface area contributed by atoms with E-state index in [0.29, 0.717) is 0 Å². The molecule has 0 radical (unpaired) electrons. The molecule has 0 aliphatic rings. The van der Waals surface area contributed by atoms with Gasteiger partial charge in [-0.2, -0.15) is 0 Å². The minimum absolute atomic E-state index is 0.881. The lowest BCUT2D eigenvalue weighted by atomic mass is 10.4. The Kier molecular flexibility index (Phi) is 2.10. The van der Waals surface area contributed by atoms with E-state index in [9.17, 15) is 0 Å². The molecule has 0 amide bonds. The van der Waals surface area contributed by atoms with Gasteiger partial charge in [0.25, 0.3) is 0 Å². The molecule has 54 valence electrons. The summed E-state index contributed by atoms with van der Waals surface area (Å²) in [5, 5.41) is 5.90. The van der Waals surface area contributed by atoms with Crippen LogP contribution in [0, 0.1) is 0 Å². The van der Waals surface area contributed by atoms with Gasteiger partial charge < -0.3 is 10.6 Å². The molecule has 0 aliphatic heterocycles. The summed E-state index contributed by atoms with van der Waals surface area (Å²) >= 11 is 0. The zero-order valence-corrected chi connectivity index (χ0v) is 6.18. The van der Waals surface area contributed by atoms with Gasteiger partial charge in [-0.05, 0) is 12.1 Å². The molecule has 1 rings (SSSR count). The summed E-state index contributed by atoms with van der Waals surface area (Å²) in [4.78, 5) is 4.19. The Labute approximate surface area is 60.5 Å². The Balaban J connectivity index is 2.87. The van der Waals surface area contributed by atoms with Crippen LogP contribution in [0.4, 0.5) is 11.6 Å². The molecule has 0 aromatic carbocycles. The summed E-state index contributed by atoms with van der Waals surface area (Å²) in [6.07, 6.45) is 0. The van der Waals surface area contributed by atoms with Gasteiger partial charge in [-0.15, -0.1) is 0 Å². The van der Waals surface area contributed by atoms with Crippen molar-refractivity contribution < 1.29 is 0 Å². The lowest BCUT2D eigenvalue weighted by Gasteiger charge is -2.01. The van der Waals surface area contributed by atoms with E-state index in [4.69, 9.17) is 0 Å². The highest BCUT2D eigenvalue weighted by atomic mass is 15.0. The van der Waals surface area contributed by atoms with Crippen LogP contribution in [0.25, 0.3) is 0 Å². The molecule has 0 unspecified atom stereocenters. The van der Waals surface area contributed by atoms with E-state index in [0.717, 1.165) is 11.6 Å². The smallest absolute Gasteiger partial charge is 0.128 e. The van der Waals surface area contributed by atoms with Gasteiger partial charge in [-0.25, -0.2) is 4.98 Å². The lowest BCUT2D eigenvalue weighted by molar-refractivity contribution is 1.26. The van der Waals surface area contributed by atoms with Crippen LogP contribution in [0.15, 0.2) is 18.2 Å². The number of aromatic nitrogens is 1. The van der Waals surface area contributed by atoms with Crippen molar-refractivity contribution in [2.24, 2.45) is 0 Å². The monoisotopic (exact) mass is 137 g/mol. The van der Waals surface area contributed by atoms with Crippen molar-refractivity contribution in [3.8, 4) is 0 Å². The summed E-state index contributed by atoms with van der Waals surface area (Å²) in [6.45, 7) is 0. The Morgan fingerprint density at radius 2 is 1.60 bits per heavy atom. The summed E-state index contributed by atoms with van der Waals surface area (Å²) in [5.74, 6) is 1.76. The minimum atomic E-state index is 0.881. The average Bonchev–Trinajstić information content (AvgIpc) is 2.05. The molecule has 1 aromatic rings. The van der Waals surface area contributed by atoms with Crippen molar-refractivity contribution in [1.82, 2.24) is 4.98 Å². The zero-order valence-electron chi connectivity index (χ0n) is 6.18. The number of rotatable bonds is 2. The third-order valence-corrected chi connectivity index (χ3v) is 1.26. The maximum Gasteiger partial charge on any atom is 0.128 e. The highest BCUT2D eigenvalue weighted by molar-refractivity contribution is 5.43. The number of nitrogens with one attached hydrogen (secondary N) is 2. The predicted octanol–water partition coefficient (Wildman–Crippen LogP) is 1.16. The van der Waals surface area contributed by atoms with Crippen LogP contribution in [-0.2, 0) is 0 Å². The lowest BCUT2D eigenvalue weighted by Crippen LogP contribution is -1.96. The van der Waals surface area contributed by atoms with Crippen molar-refractivity contribution >= 4 is 11.6 Å². The molecule has 0 spiro atoms. The van der Waals surface area contributed by atoms with Crippen molar-refractivity contribution in [2.45, 2.75) is 0 Å². The molecule has 0 fully saturated rings. The van der Waals surface area contributed by atoms with E-state index < -0.39 is 0 Å². The number of anilines is 2. The van der Waals surface area contributed by atoms with Crippen LogP contribution in [0.1, 0.15) is 0 Å². The molecular weight excluding hydrogens is 126 g/mol. The largest absolute Gasteiger partial charge is 0.373 e. The van der Waals surface area contributed by atoms with Gasteiger partial charge in [0.05, 0.1) is 0 Å². The first-order chi connectivity index (χ1) is 4.86. The second-order valence-corrected chi connectivity index (χ2v) is 1.91. The van der Waals surface area contributed by atoms with Crippen molar-refractivity contribution in [3.63, 3.8) is 0 Å². The van der Waals surface area contributed by atoms with E-state index in [1.807, 2.05) is 32.3 Å². The summed E-state index contributed by atoms with van der Waals surface area (Å²) in [6, 6.07) is 5.78. The highest BCUT2D eigenvalue weighted by Crippen LogP contribution is 2.06. The third-order valence-electron chi connectivity index (χ3n) is 1.26. The van der Waals surface area contributed by atoms with E-state index in [1.54, 1.807) is 0 Å². The van der Waals surface area contributed by atoms with Gasteiger partial charge in [0, 0.05) is 14.1 Å². The first kappa shape index (κ1) is 6.86. The predicted molar refractivity (Wildman–Crippen MR) is 43.3 cm³/mol. The van der Waals surface area contributed by atoms with Crippen LogP contribution in [0.3, 0.4) is 0 Å². The SMILES string of the molecule is CNc1cccc(NC)n1. The van der Waals surface area contributed by atoms with Crippen LogP contribution in [0.5, 0.6) is 0 Å². The minimum Gasteiger partial charge on any atom is -0.373 e. The molecule has 0 atom stereocenters. The number of pyridine rings is 1. The Morgan fingerprint density at radius 3 is 2.00 bits per heavy atom. The van der Waals surface area contributed by atoms with E-state index in [-0.39, 0.29) is 0 Å². The first-order valence-electron chi connectivity index (χ1n) is 3.19. The first-order valence-corrected chi connectivity index (χ1v) is 3.19. The number of nitrogens with zero attached hydrogens (tertiary/aromatic N) is 1. The molecule has 3 nitrogen and oxygen atoms in total. The number of hydrogen-bond donors (Lipinski definition) is 2. The number of hydrogen-bond acceptors (Lipinski definition) is 3. The Morgan fingerprint density at radius 1 is 1.10 bits per heavy atom. The molecule has 3 heteroatoms. The van der Waals surface area contributed by atoms with Crippen LogP contribution in [-0.4, -0.2) is 19.1 Å². The molecular formula is C7H11N3. The quantitative estimate of drug-likeness (QED) is 0.642. The van der Waals surface area contributed by atoms with Crippen LogP contribution < -0.4 is 10.6 Å². The Bertz CT molecular complexity index is 191. The van der Waals surface area contributed by atoms with Crippen molar-refractivity contribution in [3.05, 3.63) is 18.2 Å². The fourth-order valence-electron chi connectivity index (χ4n) is 0.713. The van der Waals surface area contributed by atoms with Gasteiger partial charge in [0.15, 0.2) is 0 Å².